The Morgan fingerprint density at radius 2 is 2.07 bits per heavy atom. The van der Waals surface area contributed by atoms with E-state index in [-0.39, 0.29) is 21.5 Å². The van der Waals surface area contributed by atoms with Gasteiger partial charge in [0.1, 0.15) is 10.7 Å². The normalized spacial score (nSPS) is 18.4. The van der Waals surface area contributed by atoms with Gasteiger partial charge in [-0.2, -0.15) is 9.40 Å². The van der Waals surface area contributed by atoms with Gasteiger partial charge in [-0.05, 0) is 50.8 Å². The molecule has 0 spiro atoms. The van der Waals surface area contributed by atoms with E-state index in [1.807, 2.05) is 20.8 Å². The fourth-order valence-corrected chi connectivity index (χ4v) is 5.46. The maximum Gasteiger partial charge on any atom is 0.256 e. The standard InChI is InChI=1S/C19H25ClN4O3S/c1-13(2)24-18(8-9-21-24)22-19(25)15-6-7-16(20)17(11-15)28(26,27)23-10-4-5-14(3)12-23/h6-9,11,13-14H,4-5,10,12H2,1-3H3,(H,22,25). The number of rotatable bonds is 5. The van der Waals surface area contributed by atoms with E-state index in [0.717, 1.165) is 12.8 Å². The van der Waals surface area contributed by atoms with Gasteiger partial charge in [-0.1, -0.05) is 18.5 Å². The molecule has 1 atom stereocenters. The van der Waals surface area contributed by atoms with Gasteiger partial charge in [-0.3, -0.25) is 4.79 Å². The highest BCUT2D eigenvalue weighted by molar-refractivity contribution is 7.89. The Hall–Kier alpha value is -1.90. The van der Waals surface area contributed by atoms with Crippen molar-refractivity contribution in [3.8, 4) is 0 Å². The average molecular weight is 425 g/mol. The lowest BCUT2D eigenvalue weighted by Gasteiger charge is -2.30. The number of amides is 1. The SMILES string of the molecule is CC1CCCN(S(=O)(=O)c2cc(C(=O)Nc3ccnn3C(C)C)ccc2Cl)C1. The molecule has 1 aliphatic heterocycles. The first-order valence-corrected chi connectivity index (χ1v) is 11.2. The van der Waals surface area contributed by atoms with Crippen LogP contribution in [0.1, 0.15) is 50.0 Å². The molecule has 2 aromatic rings. The number of hydrogen-bond donors (Lipinski definition) is 1. The first-order valence-electron chi connectivity index (χ1n) is 9.34. The van der Waals surface area contributed by atoms with Crippen LogP contribution < -0.4 is 5.32 Å². The molecule has 1 fully saturated rings. The molecule has 3 rings (SSSR count). The summed E-state index contributed by atoms with van der Waals surface area (Å²) in [6, 6.07) is 6.10. The third-order valence-corrected chi connectivity index (χ3v) is 7.18. The van der Waals surface area contributed by atoms with Crippen molar-refractivity contribution in [2.75, 3.05) is 18.4 Å². The van der Waals surface area contributed by atoms with Gasteiger partial charge in [0.25, 0.3) is 5.91 Å². The molecule has 1 aromatic heterocycles. The van der Waals surface area contributed by atoms with Crippen LogP contribution in [-0.2, 0) is 10.0 Å². The molecule has 152 valence electrons. The van der Waals surface area contributed by atoms with Crippen molar-refractivity contribution in [1.82, 2.24) is 14.1 Å². The Balaban J connectivity index is 1.88. The van der Waals surface area contributed by atoms with E-state index in [4.69, 9.17) is 11.6 Å². The second-order valence-corrected chi connectivity index (χ2v) is 9.78. The van der Waals surface area contributed by atoms with Crippen molar-refractivity contribution in [1.29, 1.82) is 0 Å². The Bertz CT molecular complexity index is 971. The number of nitrogens with zero attached hydrogens (tertiary/aromatic N) is 3. The number of carbonyl (C=O) groups excluding carboxylic acids is 1. The molecule has 0 bridgehead atoms. The number of sulfonamides is 1. The molecule has 1 unspecified atom stereocenters. The van der Waals surface area contributed by atoms with E-state index in [2.05, 4.69) is 10.4 Å². The van der Waals surface area contributed by atoms with Crippen LogP contribution in [0.2, 0.25) is 5.02 Å². The number of benzene rings is 1. The van der Waals surface area contributed by atoms with E-state index in [9.17, 15) is 13.2 Å². The zero-order valence-electron chi connectivity index (χ0n) is 16.2. The number of aromatic nitrogens is 2. The van der Waals surface area contributed by atoms with Crippen molar-refractivity contribution in [3.63, 3.8) is 0 Å². The lowest BCUT2D eigenvalue weighted by atomic mass is 10.0. The highest BCUT2D eigenvalue weighted by Crippen LogP contribution is 2.29. The van der Waals surface area contributed by atoms with Crippen LogP contribution in [0.5, 0.6) is 0 Å². The van der Waals surface area contributed by atoms with Gasteiger partial charge in [0, 0.05) is 30.8 Å². The summed E-state index contributed by atoms with van der Waals surface area (Å²) in [4.78, 5) is 12.7. The highest BCUT2D eigenvalue weighted by atomic mass is 35.5. The van der Waals surface area contributed by atoms with Crippen LogP contribution in [0, 0.1) is 5.92 Å². The minimum absolute atomic E-state index is 0.0340. The van der Waals surface area contributed by atoms with Crippen LogP contribution in [0.15, 0.2) is 35.4 Å². The number of piperidine rings is 1. The third kappa shape index (κ3) is 4.24. The Morgan fingerprint density at radius 3 is 2.75 bits per heavy atom. The zero-order chi connectivity index (χ0) is 20.5. The molecule has 1 aliphatic rings. The molecule has 9 heteroatoms. The molecular formula is C19H25ClN4O3S. The molecule has 0 radical (unpaired) electrons. The van der Waals surface area contributed by atoms with E-state index in [0.29, 0.717) is 24.8 Å². The summed E-state index contributed by atoms with van der Waals surface area (Å²) in [5.74, 6) is 0.428. The highest BCUT2D eigenvalue weighted by Gasteiger charge is 2.31. The summed E-state index contributed by atoms with van der Waals surface area (Å²) >= 11 is 6.20. The van der Waals surface area contributed by atoms with Crippen molar-refractivity contribution < 1.29 is 13.2 Å². The van der Waals surface area contributed by atoms with E-state index < -0.39 is 15.9 Å². The fourth-order valence-electron chi connectivity index (χ4n) is 3.36. The van der Waals surface area contributed by atoms with Gasteiger partial charge in [0.05, 0.1) is 11.2 Å². The Kier molecular flexibility index (Phi) is 6.12. The number of hydrogen-bond acceptors (Lipinski definition) is 4. The summed E-state index contributed by atoms with van der Waals surface area (Å²) in [6.07, 6.45) is 3.42. The minimum Gasteiger partial charge on any atom is -0.307 e. The number of anilines is 1. The van der Waals surface area contributed by atoms with Crippen molar-refractivity contribution in [2.24, 2.45) is 5.92 Å². The molecular weight excluding hydrogens is 400 g/mol. The van der Waals surface area contributed by atoms with Crippen LogP contribution >= 0.6 is 11.6 Å². The van der Waals surface area contributed by atoms with Crippen LogP contribution in [-0.4, -0.2) is 41.5 Å². The lowest BCUT2D eigenvalue weighted by Crippen LogP contribution is -2.39. The van der Waals surface area contributed by atoms with Crippen LogP contribution in [0.25, 0.3) is 0 Å². The topological polar surface area (TPSA) is 84.3 Å². The van der Waals surface area contributed by atoms with Crippen LogP contribution in [0.4, 0.5) is 5.82 Å². The molecule has 0 saturated carbocycles. The maximum absolute atomic E-state index is 13.1. The van der Waals surface area contributed by atoms with Crippen molar-refractivity contribution >= 4 is 33.3 Å². The van der Waals surface area contributed by atoms with Gasteiger partial charge in [-0.25, -0.2) is 13.1 Å². The maximum atomic E-state index is 13.1. The van der Waals surface area contributed by atoms with Gasteiger partial charge in [0.15, 0.2) is 0 Å². The predicted molar refractivity (Wildman–Crippen MR) is 109 cm³/mol. The first-order chi connectivity index (χ1) is 13.2. The summed E-state index contributed by atoms with van der Waals surface area (Å²) in [5, 5.41) is 7.08. The molecule has 7 nitrogen and oxygen atoms in total. The monoisotopic (exact) mass is 424 g/mol. The van der Waals surface area contributed by atoms with E-state index >= 15 is 0 Å². The largest absolute Gasteiger partial charge is 0.307 e. The second-order valence-electron chi connectivity index (χ2n) is 7.46. The summed E-state index contributed by atoms with van der Waals surface area (Å²) in [5.41, 5.74) is 0.226. The van der Waals surface area contributed by atoms with Crippen LogP contribution in [0.3, 0.4) is 0 Å². The van der Waals surface area contributed by atoms with E-state index in [1.54, 1.807) is 16.9 Å². The fraction of sp³-hybridized carbons (Fsp3) is 0.474. The molecule has 1 aromatic carbocycles. The Labute approximate surface area is 170 Å². The molecule has 1 saturated heterocycles. The second kappa shape index (κ2) is 8.23. The smallest absolute Gasteiger partial charge is 0.256 e. The lowest BCUT2D eigenvalue weighted by molar-refractivity contribution is 0.102. The van der Waals surface area contributed by atoms with Crippen molar-refractivity contribution in [2.45, 2.75) is 44.6 Å². The van der Waals surface area contributed by atoms with Gasteiger partial charge in [-0.15, -0.1) is 0 Å². The predicted octanol–water partition coefficient (Wildman–Crippen LogP) is 3.79. The molecule has 2 heterocycles. The number of carbonyl (C=O) groups is 1. The van der Waals surface area contributed by atoms with Gasteiger partial charge < -0.3 is 5.32 Å². The summed E-state index contributed by atoms with van der Waals surface area (Å²) in [6.45, 7) is 6.87. The quantitative estimate of drug-likeness (QED) is 0.791. The van der Waals surface area contributed by atoms with E-state index in [1.165, 1.54) is 22.5 Å². The summed E-state index contributed by atoms with van der Waals surface area (Å²) < 4.78 is 29.3. The molecule has 1 N–H and O–H groups in total. The molecule has 1 amide bonds. The minimum atomic E-state index is -3.76. The number of halogens is 1. The number of nitrogens with one attached hydrogen (secondary N) is 1. The summed E-state index contributed by atoms with van der Waals surface area (Å²) in [7, 11) is -3.76. The molecule has 0 aliphatic carbocycles. The van der Waals surface area contributed by atoms with Gasteiger partial charge >= 0.3 is 0 Å². The first kappa shape index (κ1) is 20.8. The molecule has 28 heavy (non-hydrogen) atoms. The van der Waals surface area contributed by atoms with Crippen molar-refractivity contribution in [3.05, 3.63) is 41.0 Å². The Morgan fingerprint density at radius 1 is 1.32 bits per heavy atom. The zero-order valence-corrected chi connectivity index (χ0v) is 17.8. The third-order valence-electron chi connectivity index (χ3n) is 4.83. The average Bonchev–Trinajstić information content (AvgIpc) is 3.10. The van der Waals surface area contributed by atoms with Gasteiger partial charge in [0.2, 0.25) is 10.0 Å².